The highest BCUT2D eigenvalue weighted by Gasteiger charge is 1.83. The van der Waals surface area contributed by atoms with E-state index < -0.39 is 0 Å². The maximum absolute atomic E-state index is 3.37. The Balaban J connectivity index is 2.80. The molecule has 0 rings (SSSR count). The van der Waals surface area contributed by atoms with Crippen LogP contribution >= 0.6 is 31.9 Å². The molecule has 0 aromatic heterocycles. The zero-order valence-corrected chi connectivity index (χ0v) is 8.46. The minimum Gasteiger partial charge on any atom is -0.0928 e. The first-order valence-corrected chi connectivity index (χ1v) is 4.97. The third-order valence-corrected chi connectivity index (χ3v) is 1.84. The fraction of sp³-hybridized carbons (Fsp3) is 0.714. The van der Waals surface area contributed by atoms with Crippen LogP contribution in [0.2, 0.25) is 0 Å². The summed E-state index contributed by atoms with van der Waals surface area (Å²) in [4.78, 5) is 2.70. The maximum atomic E-state index is 3.37. The van der Waals surface area contributed by atoms with Crippen molar-refractivity contribution in [1.29, 1.82) is 0 Å². The standard InChI is InChI=1S/C7H10Br2/c8-6-4-2-1-3-5-7-9/h1-4,6H2. The Morgan fingerprint density at radius 3 is 2.44 bits per heavy atom. The molecule has 0 fully saturated rings. The van der Waals surface area contributed by atoms with E-state index >= 15 is 0 Å². The highest BCUT2D eigenvalue weighted by atomic mass is 79.9. The van der Waals surface area contributed by atoms with Gasteiger partial charge in [0.05, 0.1) is 0 Å². The molecule has 0 unspecified atom stereocenters. The van der Waals surface area contributed by atoms with E-state index in [1.165, 1.54) is 19.3 Å². The number of halogens is 2. The van der Waals surface area contributed by atoms with Crippen LogP contribution in [-0.4, -0.2) is 5.33 Å². The summed E-state index contributed by atoms with van der Waals surface area (Å²) >= 11 is 6.42. The van der Waals surface area contributed by atoms with E-state index in [2.05, 4.69) is 42.6 Å². The summed E-state index contributed by atoms with van der Waals surface area (Å²) in [5.41, 5.74) is 0. The quantitative estimate of drug-likeness (QED) is 0.410. The highest BCUT2D eigenvalue weighted by Crippen LogP contribution is 2.00. The average Bonchev–Trinajstić information content (AvgIpc) is 1.89. The van der Waals surface area contributed by atoms with Crippen LogP contribution in [0.1, 0.15) is 25.7 Å². The predicted molar refractivity (Wildman–Crippen MR) is 49.0 cm³/mol. The molecule has 0 atom stereocenters. The fourth-order valence-electron chi connectivity index (χ4n) is 0.532. The van der Waals surface area contributed by atoms with Gasteiger partial charge in [-0.15, -0.1) is 0 Å². The van der Waals surface area contributed by atoms with Gasteiger partial charge in [0.1, 0.15) is 0 Å². The second-order valence-electron chi connectivity index (χ2n) is 1.77. The summed E-state index contributed by atoms with van der Waals surface area (Å²) in [6.07, 6.45) is 4.80. The Morgan fingerprint density at radius 1 is 1.11 bits per heavy atom. The monoisotopic (exact) mass is 252 g/mol. The van der Waals surface area contributed by atoms with Gasteiger partial charge >= 0.3 is 0 Å². The fourth-order valence-corrected chi connectivity index (χ4v) is 1.13. The molecule has 0 aromatic carbocycles. The number of hydrogen-bond acceptors (Lipinski definition) is 0. The van der Waals surface area contributed by atoms with E-state index in [4.69, 9.17) is 0 Å². The number of hydrogen-bond donors (Lipinski definition) is 0. The van der Waals surface area contributed by atoms with Crippen LogP contribution < -0.4 is 0 Å². The molecular weight excluding hydrogens is 244 g/mol. The van der Waals surface area contributed by atoms with Gasteiger partial charge in [0.2, 0.25) is 0 Å². The Hall–Kier alpha value is 0.520. The summed E-state index contributed by atoms with van der Waals surface area (Å²) in [5.74, 6) is 2.96. The van der Waals surface area contributed by atoms with Crippen LogP contribution in [0.15, 0.2) is 0 Å². The number of unbranched alkanes of at least 4 members (excludes halogenated alkanes) is 3. The SMILES string of the molecule is BrC#CCCCCCBr. The van der Waals surface area contributed by atoms with Gasteiger partial charge in [-0.1, -0.05) is 28.3 Å². The summed E-state index contributed by atoms with van der Waals surface area (Å²) in [6, 6.07) is 0. The molecule has 0 nitrogen and oxygen atoms in total. The van der Waals surface area contributed by atoms with E-state index in [9.17, 15) is 0 Å². The third kappa shape index (κ3) is 8.52. The highest BCUT2D eigenvalue weighted by molar-refractivity contribution is 9.12. The zero-order chi connectivity index (χ0) is 6.95. The zero-order valence-electron chi connectivity index (χ0n) is 5.29. The largest absolute Gasteiger partial charge is 0.0928 e. The molecular formula is C7H10Br2. The van der Waals surface area contributed by atoms with Crippen LogP contribution in [0.5, 0.6) is 0 Å². The first-order valence-electron chi connectivity index (χ1n) is 3.06. The smallest absolute Gasteiger partial charge is 0.0106 e. The Bertz CT molecular complexity index is 99.2. The van der Waals surface area contributed by atoms with Crippen molar-refractivity contribution < 1.29 is 0 Å². The lowest BCUT2D eigenvalue weighted by atomic mass is 10.2. The predicted octanol–water partition coefficient (Wildman–Crippen LogP) is 3.30. The summed E-state index contributed by atoms with van der Waals surface area (Å²) < 4.78 is 0. The molecule has 0 N–H and O–H groups in total. The lowest BCUT2D eigenvalue weighted by Crippen LogP contribution is -1.75. The van der Waals surface area contributed by atoms with Crippen LogP contribution in [0.3, 0.4) is 0 Å². The van der Waals surface area contributed by atoms with Crippen molar-refractivity contribution in [3.63, 3.8) is 0 Å². The van der Waals surface area contributed by atoms with Crippen molar-refractivity contribution >= 4 is 31.9 Å². The molecule has 0 heterocycles. The molecule has 0 amide bonds. The van der Waals surface area contributed by atoms with Gasteiger partial charge in [-0.2, -0.15) is 0 Å². The number of alkyl halides is 1. The molecule has 0 spiro atoms. The van der Waals surface area contributed by atoms with Gasteiger partial charge in [-0.25, -0.2) is 0 Å². The summed E-state index contributed by atoms with van der Waals surface area (Å²) in [6.45, 7) is 0. The normalized spacial score (nSPS) is 8.22. The molecule has 0 aromatic rings. The molecule has 0 aliphatic carbocycles. The molecule has 0 saturated heterocycles. The molecule has 0 radical (unpaired) electrons. The van der Waals surface area contributed by atoms with Gasteiger partial charge < -0.3 is 0 Å². The van der Waals surface area contributed by atoms with Gasteiger partial charge in [0.25, 0.3) is 0 Å². The second kappa shape index (κ2) is 8.52. The first kappa shape index (κ1) is 9.52. The van der Waals surface area contributed by atoms with E-state index in [1.54, 1.807) is 0 Å². The van der Waals surface area contributed by atoms with Crippen LogP contribution in [0.25, 0.3) is 0 Å². The number of rotatable bonds is 4. The molecule has 0 saturated carbocycles. The minimum atomic E-state index is 1.03. The lowest BCUT2D eigenvalue weighted by molar-refractivity contribution is 0.745. The summed E-state index contributed by atoms with van der Waals surface area (Å²) in [5, 5.41) is 1.12. The van der Waals surface area contributed by atoms with Gasteiger partial charge in [-0.05, 0) is 17.7 Å². The molecule has 9 heavy (non-hydrogen) atoms. The Labute approximate surface area is 73.7 Å². The molecule has 2 heteroatoms. The van der Waals surface area contributed by atoms with Crippen LogP contribution in [0, 0.1) is 10.8 Å². The van der Waals surface area contributed by atoms with Gasteiger partial charge in [0.15, 0.2) is 0 Å². The Kier molecular flexibility index (Phi) is 9.01. The minimum absolute atomic E-state index is 1.03. The van der Waals surface area contributed by atoms with Crippen molar-refractivity contribution in [2.45, 2.75) is 25.7 Å². The molecule has 0 bridgehead atoms. The Morgan fingerprint density at radius 2 is 1.89 bits per heavy atom. The van der Waals surface area contributed by atoms with Crippen LogP contribution in [-0.2, 0) is 0 Å². The van der Waals surface area contributed by atoms with E-state index in [0.717, 1.165) is 11.8 Å². The lowest BCUT2D eigenvalue weighted by Gasteiger charge is -1.89. The molecule has 0 aliphatic heterocycles. The molecule has 0 aliphatic rings. The topological polar surface area (TPSA) is 0 Å². The summed E-state index contributed by atoms with van der Waals surface area (Å²) in [7, 11) is 0. The van der Waals surface area contributed by atoms with Gasteiger partial charge in [-0.3, -0.25) is 0 Å². The van der Waals surface area contributed by atoms with E-state index in [1.807, 2.05) is 0 Å². The van der Waals surface area contributed by atoms with Gasteiger partial charge in [0, 0.05) is 27.7 Å². The van der Waals surface area contributed by atoms with Crippen molar-refractivity contribution in [3.8, 4) is 10.8 Å². The van der Waals surface area contributed by atoms with E-state index in [-0.39, 0.29) is 0 Å². The van der Waals surface area contributed by atoms with E-state index in [0.29, 0.717) is 0 Å². The third-order valence-electron chi connectivity index (χ3n) is 1.00. The average molecular weight is 254 g/mol. The van der Waals surface area contributed by atoms with Crippen molar-refractivity contribution in [1.82, 2.24) is 0 Å². The second-order valence-corrected chi connectivity index (χ2v) is 2.96. The van der Waals surface area contributed by atoms with Crippen molar-refractivity contribution in [3.05, 3.63) is 0 Å². The maximum Gasteiger partial charge on any atom is 0.0106 e. The van der Waals surface area contributed by atoms with Crippen molar-refractivity contribution in [2.24, 2.45) is 0 Å². The van der Waals surface area contributed by atoms with Crippen LogP contribution in [0.4, 0.5) is 0 Å². The molecule has 52 valence electrons. The first-order chi connectivity index (χ1) is 4.41. The van der Waals surface area contributed by atoms with Crippen molar-refractivity contribution in [2.75, 3.05) is 5.33 Å².